The SMILES string of the molecule is CC(NCc1cc(Cl)ccc1O)c1ccc(Br)cc1. The van der Waals surface area contributed by atoms with Gasteiger partial charge in [0.15, 0.2) is 0 Å². The quantitative estimate of drug-likeness (QED) is 0.848. The van der Waals surface area contributed by atoms with Crippen LogP contribution in [0, 0.1) is 0 Å². The highest BCUT2D eigenvalue weighted by atomic mass is 79.9. The average Bonchev–Trinajstić information content (AvgIpc) is 2.40. The second-order valence-corrected chi connectivity index (χ2v) is 5.78. The van der Waals surface area contributed by atoms with Crippen LogP contribution >= 0.6 is 27.5 Å². The molecule has 0 aliphatic heterocycles. The van der Waals surface area contributed by atoms with Crippen LogP contribution in [-0.2, 0) is 6.54 Å². The summed E-state index contributed by atoms with van der Waals surface area (Å²) in [6.45, 7) is 2.66. The molecule has 0 spiro atoms. The van der Waals surface area contributed by atoms with Crippen molar-refractivity contribution in [2.24, 2.45) is 0 Å². The van der Waals surface area contributed by atoms with E-state index in [-0.39, 0.29) is 11.8 Å². The lowest BCUT2D eigenvalue weighted by Gasteiger charge is -2.15. The number of benzene rings is 2. The van der Waals surface area contributed by atoms with Crippen molar-refractivity contribution in [3.8, 4) is 5.75 Å². The number of nitrogens with one attached hydrogen (secondary N) is 1. The van der Waals surface area contributed by atoms with E-state index in [2.05, 4.69) is 40.3 Å². The van der Waals surface area contributed by atoms with Crippen molar-refractivity contribution in [2.75, 3.05) is 0 Å². The molecule has 4 heteroatoms. The Labute approximate surface area is 126 Å². The number of hydrogen-bond acceptors (Lipinski definition) is 2. The maximum atomic E-state index is 9.75. The van der Waals surface area contributed by atoms with Crippen molar-refractivity contribution < 1.29 is 5.11 Å². The first kappa shape index (κ1) is 14.4. The molecule has 100 valence electrons. The summed E-state index contributed by atoms with van der Waals surface area (Å²) in [7, 11) is 0. The van der Waals surface area contributed by atoms with Crippen molar-refractivity contribution in [1.82, 2.24) is 5.32 Å². The topological polar surface area (TPSA) is 32.3 Å². The Morgan fingerprint density at radius 1 is 1.21 bits per heavy atom. The van der Waals surface area contributed by atoms with E-state index in [9.17, 15) is 5.11 Å². The Kier molecular flexibility index (Phi) is 4.86. The van der Waals surface area contributed by atoms with Gasteiger partial charge in [-0.25, -0.2) is 0 Å². The van der Waals surface area contributed by atoms with Gasteiger partial charge in [-0.3, -0.25) is 0 Å². The molecule has 0 saturated carbocycles. The highest BCUT2D eigenvalue weighted by molar-refractivity contribution is 9.10. The lowest BCUT2D eigenvalue weighted by molar-refractivity contribution is 0.460. The molecular formula is C15H15BrClNO. The van der Waals surface area contributed by atoms with E-state index < -0.39 is 0 Å². The van der Waals surface area contributed by atoms with Gasteiger partial charge in [-0.15, -0.1) is 0 Å². The fraction of sp³-hybridized carbons (Fsp3) is 0.200. The molecular weight excluding hydrogens is 326 g/mol. The Bertz CT molecular complexity index is 557. The van der Waals surface area contributed by atoms with Gasteiger partial charge in [0, 0.05) is 27.6 Å². The summed E-state index contributed by atoms with van der Waals surface area (Å²) in [5, 5.41) is 13.7. The molecule has 19 heavy (non-hydrogen) atoms. The van der Waals surface area contributed by atoms with E-state index in [1.54, 1.807) is 18.2 Å². The van der Waals surface area contributed by atoms with E-state index in [1.165, 1.54) is 5.56 Å². The average molecular weight is 341 g/mol. The maximum Gasteiger partial charge on any atom is 0.120 e. The fourth-order valence-corrected chi connectivity index (χ4v) is 2.29. The molecule has 0 aliphatic rings. The summed E-state index contributed by atoms with van der Waals surface area (Å²) >= 11 is 9.34. The molecule has 1 atom stereocenters. The van der Waals surface area contributed by atoms with E-state index >= 15 is 0 Å². The first-order valence-electron chi connectivity index (χ1n) is 6.02. The minimum absolute atomic E-state index is 0.200. The maximum absolute atomic E-state index is 9.75. The fourth-order valence-electron chi connectivity index (χ4n) is 1.83. The monoisotopic (exact) mass is 339 g/mol. The predicted octanol–water partition coefficient (Wildman–Crippen LogP) is 4.66. The number of halogens is 2. The zero-order valence-corrected chi connectivity index (χ0v) is 12.9. The minimum Gasteiger partial charge on any atom is -0.508 e. The number of aromatic hydroxyl groups is 1. The van der Waals surface area contributed by atoms with E-state index in [0.717, 1.165) is 10.0 Å². The van der Waals surface area contributed by atoms with E-state index in [4.69, 9.17) is 11.6 Å². The molecule has 2 N–H and O–H groups in total. The zero-order valence-electron chi connectivity index (χ0n) is 10.5. The predicted molar refractivity (Wildman–Crippen MR) is 82.5 cm³/mol. The van der Waals surface area contributed by atoms with Crippen LogP contribution in [0.3, 0.4) is 0 Å². The molecule has 2 nitrogen and oxygen atoms in total. The number of hydrogen-bond donors (Lipinski definition) is 2. The van der Waals surface area contributed by atoms with Crippen molar-refractivity contribution in [3.63, 3.8) is 0 Å². The zero-order chi connectivity index (χ0) is 13.8. The molecule has 0 heterocycles. The van der Waals surface area contributed by atoms with Crippen LogP contribution in [0.1, 0.15) is 24.1 Å². The third-order valence-corrected chi connectivity index (χ3v) is 3.77. The number of rotatable bonds is 4. The van der Waals surface area contributed by atoms with Gasteiger partial charge >= 0.3 is 0 Å². The van der Waals surface area contributed by atoms with Crippen molar-refractivity contribution in [1.29, 1.82) is 0 Å². The normalized spacial score (nSPS) is 12.4. The summed E-state index contributed by atoms with van der Waals surface area (Å²) in [6, 6.07) is 13.4. The lowest BCUT2D eigenvalue weighted by Crippen LogP contribution is -2.18. The molecule has 2 aromatic rings. The first-order chi connectivity index (χ1) is 9.06. The Morgan fingerprint density at radius 2 is 1.89 bits per heavy atom. The van der Waals surface area contributed by atoms with E-state index in [0.29, 0.717) is 11.6 Å². The van der Waals surface area contributed by atoms with Gasteiger partial charge in [-0.2, -0.15) is 0 Å². The highest BCUT2D eigenvalue weighted by Gasteiger charge is 2.07. The van der Waals surface area contributed by atoms with Crippen LogP contribution in [0.25, 0.3) is 0 Å². The van der Waals surface area contributed by atoms with Crippen LogP contribution in [0.4, 0.5) is 0 Å². The molecule has 2 rings (SSSR count). The molecule has 0 radical (unpaired) electrons. The summed E-state index contributed by atoms with van der Waals surface area (Å²) < 4.78 is 1.07. The second-order valence-electron chi connectivity index (χ2n) is 4.43. The summed E-state index contributed by atoms with van der Waals surface area (Å²) in [5.41, 5.74) is 2.00. The van der Waals surface area contributed by atoms with Crippen molar-refractivity contribution in [3.05, 3.63) is 63.1 Å². The molecule has 1 unspecified atom stereocenters. The Hall–Kier alpha value is -1.03. The van der Waals surface area contributed by atoms with Crippen LogP contribution in [0.2, 0.25) is 5.02 Å². The largest absolute Gasteiger partial charge is 0.508 e. The summed E-state index contributed by atoms with van der Waals surface area (Å²) in [6.07, 6.45) is 0. The van der Waals surface area contributed by atoms with Gasteiger partial charge in [0.05, 0.1) is 0 Å². The molecule has 2 aromatic carbocycles. The Balaban J connectivity index is 2.02. The third kappa shape index (κ3) is 3.96. The van der Waals surface area contributed by atoms with Gasteiger partial charge in [0.2, 0.25) is 0 Å². The van der Waals surface area contributed by atoms with Gasteiger partial charge < -0.3 is 10.4 Å². The second kappa shape index (κ2) is 6.42. The summed E-state index contributed by atoms with van der Waals surface area (Å²) in [5.74, 6) is 0.264. The molecule has 0 bridgehead atoms. The van der Waals surface area contributed by atoms with Crippen LogP contribution < -0.4 is 5.32 Å². The smallest absolute Gasteiger partial charge is 0.120 e. The van der Waals surface area contributed by atoms with Gasteiger partial charge in [0.25, 0.3) is 0 Å². The minimum atomic E-state index is 0.200. The summed E-state index contributed by atoms with van der Waals surface area (Å²) in [4.78, 5) is 0. The highest BCUT2D eigenvalue weighted by Crippen LogP contribution is 2.23. The van der Waals surface area contributed by atoms with Crippen LogP contribution in [0.15, 0.2) is 46.9 Å². The van der Waals surface area contributed by atoms with Gasteiger partial charge in [-0.05, 0) is 42.8 Å². The molecule has 0 saturated heterocycles. The van der Waals surface area contributed by atoms with Gasteiger partial charge in [0.1, 0.15) is 5.75 Å². The number of phenolic OH excluding ortho intramolecular Hbond substituents is 1. The first-order valence-corrected chi connectivity index (χ1v) is 7.19. The van der Waals surface area contributed by atoms with Crippen LogP contribution in [0.5, 0.6) is 5.75 Å². The lowest BCUT2D eigenvalue weighted by atomic mass is 10.1. The standard InChI is InChI=1S/C15H15BrClNO/c1-10(11-2-4-13(16)5-3-11)18-9-12-8-14(17)6-7-15(12)19/h2-8,10,18-19H,9H2,1H3. The molecule has 0 aliphatic carbocycles. The third-order valence-electron chi connectivity index (χ3n) is 3.01. The molecule has 0 fully saturated rings. The van der Waals surface area contributed by atoms with E-state index in [1.807, 2.05) is 12.1 Å². The number of phenols is 1. The molecule has 0 aromatic heterocycles. The molecule has 0 amide bonds. The Morgan fingerprint density at radius 3 is 2.58 bits per heavy atom. The van der Waals surface area contributed by atoms with Gasteiger partial charge in [-0.1, -0.05) is 39.7 Å². The van der Waals surface area contributed by atoms with Crippen molar-refractivity contribution >= 4 is 27.5 Å². The van der Waals surface area contributed by atoms with Crippen molar-refractivity contribution in [2.45, 2.75) is 19.5 Å². The van der Waals surface area contributed by atoms with Crippen LogP contribution in [-0.4, -0.2) is 5.11 Å².